The van der Waals surface area contributed by atoms with Gasteiger partial charge in [-0.2, -0.15) is 0 Å². The van der Waals surface area contributed by atoms with Gasteiger partial charge in [0.15, 0.2) is 0 Å². The summed E-state index contributed by atoms with van der Waals surface area (Å²) in [6.07, 6.45) is 9.08. The fourth-order valence-corrected chi connectivity index (χ4v) is 3.51. The quantitative estimate of drug-likeness (QED) is 0.826. The van der Waals surface area contributed by atoms with Crippen LogP contribution in [0.4, 0.5) is 0 Å². The summed E-state index contributed by atoms with van der Waals surface area (Å²) in [5.41, 5.74) is 1.71. The standard InChI is InChI=1S/C18H32N2O/c1-15(2)19-13-18(8-5-16(3)6-9-18)14-20(4)11-17-7-10-21-12-17/h7,10,12,15-16,19H,5-6,8-9,11,13-14H2,1-4H3. The molecule has 21 heavy (non-hydrogen) atoms. The summed E-state index contributed by atoms with van der Waals surface area (Å²) < 4.78 is 5.18. The van der Waals surface area contributed by atoms with Gasteiger partial charge in [-0.05, 0) is 37.3 Å². The molecule has 0 atom stereocenters. The molecule has 1 N–H and O–H groups in total. The molecule has 0 unspecified atom stereocenters. The molecule has 1 aliphatic carbocycles. The minimum Gasteiger partial charge on any atom is -0.472 e. The monoisotopic (exact) mass is 292 g/mol. The number of rotatable bonds is 7. The average Bonchev–Trinajstić information content (AvgIpc) is 2.92. The first-order valence-electron chi connectivity index (χ1n) is 8.42. The van der Waals surface area contributed by atoms with Crippen LogP contribution in [0.3, 0.4) is 0 Å². The van der Waals surface area contributed by atoms with E-state index in [0.29, 0.717) is 11.5 Å². The van der Waals surface area contributed by atoms with Crippen LogP contribution >= 0.6 is 0 Å². The van der Waals surface area contributed by atoms with Gasteiger partial charge in [0.1, 0.15) is 0 Å². The van der Waals surface area contributed by atoms with Crippen LogP contribution in [0, 0.1) is 11.3 Å². The fourth-order valence-electron chi connectivity index (χ4n) is 3.51. The third-order valence-electron chi connectivity index (χ3n) is 4.86. The van der Waals surface area contributed by atoms with Crippen molar-refractivity contribution in [2.24, 2.45) is 11.3 Å². The third-order valence-corrected chi connectivity index (χ3v) is 4.86. The van der Waals surface area contributed by atoms with E-state index in [9.17, 15) is 0 Å². The molecule has 0 aliphatic heterocycles. The Kier molecular flexibility index (Phi) is 5.88. The molecule has 0 amide bonds. The van der Waals surface area contributed by atoms with E-state index >= 15 is 0 Å². The van der Waals surface area contributed by atoms with E-state index in [1.54, 1.807) is 6.26 Å². The second kappa shape index (κ2) is 7.46. The van der Waals surface area contributed by atoms with Gasteiger partial charge in [-0.15, -0.1) is 0 Å². The second-order valence-electron chi connectivity index (χ2n) is 7.52. The summed E-state index contributed by atoms with van der Waals surface area (Å²) in [7, 11) is 2.24. The van der Waals surface area contributed by atoms with Gasteiger partial charge in [-0.3, -0.25) is 0 Å². The first-order chi connectivity index (χ1) is 9.99. The van der Waals surface area contributed by atoms with E-state index in [4.69, 9.17) is 4.42 Å². The highest BCUT2D eigenvalue weighted by molar-refractivity contribution is 5.05. The van der Waals surface area contributed by atoms with Crippen LogP contribution in [0.5, 0.6) is 0 Å². The molecule has 1 aromatic rings. The first kappa shape index (κ1) is 16.6. The molecule has 0 aromatic carbocycles. The van der Waals surface area contributed by atoms with Crippen LogP contribution < -0.4 is 5.32 Å². The molecular weight excluding hydrogens is 260 g/mol. The third kappa shape index (κ3) is 5.15. The highest BCUT2D eigenvalue weighted by atomic mass is 16.3. The Hall–Kier alpha value is -0.800. The smallest absolute Gasteiger partial charge is 0.0947 e. The van der Waals surface area contributed by atoms with Crippen LogP contribution in [0.1, 0.15) is 52.0 Å². The SMILES string of the molecule is CC1CCC(CNC(C)C)(CN(C)Cc2ccoc2)CC1. The van der Waals surface area contributed by atoms with Crippen molar-refractivity contribution in [1.29, 1.82) is 0 Å². The van der Waals surface area contributed by atoms with Gasteiger partial charge in [0, 0.05) is 31.2 Å². The minimum absolute atomic E-state index is 0.440. The molecule has 3 heteroatoms. The topological polar surface area (TPSA) is 28.4 Å². The molecule has 120 valence electrons. The summed E-state index contributed by atoms with van der Waals surface area (Å²) in [6, 6.07) is 2.64. The van der Waals surface area contributed by atoms with Gasteiger partial charge in [0.05, 0.1) is 12.5 Å². The molecule has 1 heterocycles. The molecular formula is C18H32N2O. The van der Waals surface area contributed by atoms with Crippen molar-refractivity contribution in [2.75, 3.05) is 20.1 Å². The maximum Gasteiger partial charge on any atom is 0.0947 e. The number of hydrogen-bond acceptors (Lipinski definition) is 3. The first-order valence-corrected chi connectivity index (χ1v) is 8.42. The highest BCUT2D eigenvalue weighted by Gasteiger charge is 2.35. The van der Waals surface area contributed by atoms with Crippen molar-refractivity contribution in [1.82, 2.24) is 10.2 Å². The molecule has 0 radical (unpaired) electrons. The molecule has 0 spiro atoms. The van der Waals surface area contributed by atoms with Gasteiger partial charge in [-0.25, -0.2) is 0 Å². The van der Waals surface area contributed by atoms with E-state index in [1.807, 2.05) is 6.26 Å². The Bertz CT molecular complexity index is 391. The van der Waals surface area contributed by atoms with Crippen LogP contribution in [0.15, 0.2) is 23.0 Å². The molecule has 2 rings (SSSR count). The lowest BCUT2D eigenvalue weighted by Gasteiger charge is -2.42. The lowest BCUT2D eigenvalue weighted by molar-refractivity contribution is 0.0936. The number of hydrogen-bond donors (Lipinski definition) is 1. The van der Waals surface area contributed by atoms with Crippen molar-refractivity contribution in [2.45, 2.75) is 59.0 Å². The zero-order valence-corrected chi connectivity index (χ0v) is 14.2. The average molecular weight is 292 g/mol. The highest BCUT2D eigenvalue weighted by Crippen LogP contribution is 2.39. The molecule has 1 saturated carbocycles. The van der Waals surface area contributed by atoms with E-state index in [1.165, 1.54) is 37.8 Å². The number of nitrogens with one attached hydrogen (secondary N) is 1. The van der Waals surface area contributed by atoms with Crippen molar-refractivity contribution < 1.29 is 4.42 Å². The summed E-state index contributed by atoms with van der Waals surface area (Å²) in [5.74, 6) is 0.899. The van der Waals surface area contributed by atoms with Crippen molar-refractivity contribution in [3.63, 3.8) is 0 Å². The summed E-state index contributed by atoms with van der Waals surface area (Å²) in [6.45, 7) is 10.2. The van der Waals surface area contributed by atoms with Gasteiger partial charge in [0.2, 0.25) is 0 Å². The zero-order chi connectivity index (χ0) is 15.3. The molecule has 3 nitrogen and oxygen atoms in total. The van der Waals surface area contributed by atoms with Crippen LogP contribution in [0.25, 0.3) is 0 Å². The molecule has 0 saturated heterocycles. The molecule has 0 bridgehead atoms. The van der Waals surface area contributed by atoms with Gasteiger partial charge >= 0.3 is 0 Å². The largest absolute Gasteiger partial charge is 0.472 e. The Morgan fingerprint density at radius 2 is 2.10 bits per heavy atom. The Labute approximate surface area is 130 Å². The van der Waals surface area contributed by atoms with Crippen LogP contribution in [-0.4, -0.2) is 31.1 Å². The maximum atomic E-state index is 5.18. The van der Waals surface area contributed by atoms with Gasteiger partial charge in [-0.1, -0.05) is 33.6 Å². The molecule has 1 aliphatic rings. The predicted octanol–water partition coefficient (Wildman–Crippen LogP) is 3.91. The zero-order valence-electron chi connectivity index (χ0n) is 14.2. The van der Waals surface area contributed by atoms with E-state index in [-0.39, 0.29) is 0 Å². The summed E-state index contributed by atoms with van der Waals surface area (Å²) in [5, 5.41) is 3.69. The lowest BCUT2D eigenvalue weighted by Crippen LogP contribution is -2.46. The van der Waals surface area contributed by atoms with Gasteiger partial charge < -0.3 is 14.6 Å². The van der Waals surface area contributed by atoms with Crippen molar-refractivity contribution in [3.8, 4) is 0 Å². The fraction of sp³-hybridized carbons (Fsp3) is 0.778. The second-order valence-corrected chi connectivity index (χ2v) is 7.52. The maximum absolute atomic E-state index is 5.18. The Morgan fingerprint density at radius 1 is 1.38 bits per heavy atom. The van der Waals surface area contributed by atoms with E-state index in [0.717, 1.165) is 19.0 Å². The van der Waals surface area contributed by atoms with E-state index in [2.05, 4.69) is 44.1 Å². The lowest BCUT2D eigenvalue weighted by atomic mass is 9.70. The number of nitrogens with zero attached hydrogens (tertiary/aromatic N) is 1. The normalized spacial score (nSPS) is 26.7. The Morgan fingerprint density at radius 3 is 2.67 bits per heavy atom. The molecule has 1 fully saturated rings. The Balaban J connectivity index is 1.94. The van der Waals surface area contributed by atoms with E-state index < -0.39 is 0 Å². The number of furan rings is 1. The predicted molar refractivity (Wildman–Crippen MR) is 88.2 cm³/mol. The summed E-state index contributed by atoms with van der Waals surface area (Å²) >= 11 is 0. The van der Waals surface area contributed by atoms with Crippen LogP contribution in [-0.2, 0) is 6.54 Å². The minimum atomic E-state index is 0.440. The van der Waals surface area contributed by atoms with Crippen molar-refractivity contribution in [3.05, 3.63) is 24.2 Å². The van der Waals surface area contributed by atoms with Crippen molar-refractivity contribution >= 4 is 0 Å². The van der Waals surface area contributed by atoms with Crippen LogP contribution in [0.2, 0.25) is 0 Å². The molecule has 1 aromatic heterocycles. The van der Waals surface area contributed by atoms with Gasteiger partial charge in [0.25, 0.3) is 0 Å². The summed E-state index contributed by atoms with van der Waals surface area (Å²) in [4.78, 5) is 2.46.